The molecule has 34 heavy (non-hydrogen) atoms. The molecule has 2 heterocycles. The molecule has 8 nitrogen and oxygen atoms in total. The van der Waals surface area contributed by atoms with Crippen LogP contribution in [0, 0.1) is 0 Å². The van der Waals surface area contributed by atoms with E-state index in [0.717, 1.165) is 11.6 Å². The summed E-state index contributed by atoms with van der Waals surface area (Å²) in [6, 6.07) is 9.23. The second-order valence-electron chi connectivity index (χ2n) is 8.17. The highest BCUT2D eigenvalue weighted by molar-refractivity contribution is 5.84. The predicted molar refractivity (Wildman–Crippen MR) is 117 cm³/mol. The van der Waals surface area contributed by atoms with Gasteiger partial charge in [0.15, 0.2) is 6.23 Å². The van der Waals surface area contributed by atoms with Crippen LogP contribution in [0.4, 0.5) is 23.7 Å². The van der Waals surface area contributed by atoms with E-state index in [4.69, 9.17) is 4.74 Å². The Kier molecular flexibility index (Phi) is 6.82. The maximum absolute atomic E-state index is 13.4. The van der Waals surface area contributed by atoms with Gasteiger partial charge < -0.3 is 30.7 Å². The third kappa shape index (κ3) is 5.36. The zero-order valence-electron chi connectivity index (χ0n) is 18.2. The number of nitrogens with one attached hydrogen (secondary N) is 3. The molecule has 0 saturated carbocycles. The first-order valence-corrected chi connectivity index (χ1v) is 10.9. The number of rotatable bonds is 5. The van der Waals surface area contributed by atoms with Crippen LogP contribution >= 0.6 is 0 Å². The first-order valence-electron chi connectivity index (χ1n) is 10.9. The van der Waals surface area contributed by atoms with Crippen molar-refractivity contribution in [1.29, 1.82) is 0 Å². The number of likely N-dealkylation sites (tertiary alicyclic amines) is 1. The fraction of sp³-hybridized carbons (Fsp3) is 0.391. The Labute approximate surface area is 194 Å². The average Bonchev–Trinajstić information content (AvgIpc) is 3.30. The van der Waals surface area contributed by atoms with Crippen molar-refractivity contribution in [1.82, 2.24) is 15.5 Å². The molecule has 1 saturated heterocycles. The van der Waals surface area contributed by atoms with Gasteiger partial charge in [-0.3, -0.25) is 4.79 Å². The van der Waals surface area contributed by atoms with Gasteiger partial charge in [-0.05, 0) is 42.2 Å². The van der Waals surface area contributed by atoms with Crippen LogP contribution in [0.5, 0.6) is 5.75 Å². The first-order chi connectivity index (χ1) is 16.2. The predicted octanol–water partition coefficient (Wildman–Crippen LogP) is 2.99. The van der Waals surface area contributed by atoms with Crippen molar-refractivity contribution < 1.29 is 32.6 Å². The summed E-state index contributed by atoms with van der Waals surface area (Å²) in [4.78, 5) is 26.3. The van der Waals surface area contributed by atoms with E-state index in [2.05, 4.69) is 16.0 Å². The fourth-order valence-corrected chi connectivity index (χ4v) is 4.24. The average molecular weight is 478 g/mol. The van der Waals surface area contributed by atoms with Gasteiger partial charge in [0.1, 0.15) is 12.4 Å². The number of ether oxygens (including phenoxy) is 1. The Hall–Kier alpha value is -3.47. The molecule has 0 aromatic heterocycles. The molecule has 4 rings (SSSR count). The lowest BCUT2D eigenvalue weighted by Gasteiger charge is -2.27. The van der Waals surface area contributed by atoms with Crippen LogP contribution in [-0.2, 0) is 17.5 Å². The maximum atomic E-state index is 13.4. The Morgan fingerprint density at radius 2 is 1.97 bits per heavy atom. The number of halogens is 3. The summed E-state index contributed by atoms with van der Waals surface area (Å²) in [5, 5.41) is 17.5. The second-order valence-corrected chi connectivity index (χ2v) is 8.17. The number of fused-ring (bicyclic) bond motifs is 1. The molecule has 0 aliphatic carbocycles. The highest BCUT2D eigenvalue weighted by Gasteiger charge is 2.38. The van der Waals surface area contributed by atoms with Crippen LogP contribution in [0.2, 0.25) is 0 Å². The minimum absolute atomic E-state index is 0.0712. The third-order valence-corrected chi connectivity index (χ3v) is 5.82. The number of aliphatic hydroxyl groups excluding tert-OH is 1. The number of hydrogen-bond donors (Lipinski definition) is 4. The lowest BCUT2D eigenvalue weighted by molar-refractivity contribution is -0.140. The van der Waals surface area contributed by atoms with E-state index in [1.54, 1.807) is 18.2 Å². The number of carbonyl (C=O) groups excluding carboxylic acids is 2. The molecule has 182 valence electrons. The van der Waals surface area contributed by atoms with Crippen LogP contribution in [0.1, 0.15) is 35.6 Å². The minimum atomic E-state index is -4.51. The normalized spacial score (nSPS) is 19.6. The van der Waals surface area contributed by atoms with E-state index in [0.29, 0.717) is 30.8 Å². The summed E-state index contributed by atoms with van der Waals surface area (Å²) in [6.45, 7) is 0.282. The second kappa shape index (κ2) is 9.80. The summed E-state index contributed by atoms with van der Waals surface area (Å²) in [6.07, 6.45) is -4.28. The lowest BCUT2D eigenvalue weighted by atomic mass is 9.98. The molecular weight excluding hydrogens is 453 g/mol. The van der Waals surface area contributed by atoms with Gasteiger partial charge in [-0.2, -0.15) is 13.2 Å². The van der Waals surface area contributed by atoms with Crippen molar-refractivity contribution in [3.8, 4) is 5.75 Å². The van der Waals surface area contributed by atoms with Gasteiger partial charge in [0, 0.05) is 13.1 Å². The van der Waals surface area contributed by atoms with E-state index in [9.17, 15) is 27.9 Å². The number of nitrogens with zero attached hydrogens (tertiary/aromatic N) is 1. The molecule has 2 aromatic carbocycles. The van der Waals surface area contributed by atoms with Gasteiger partial charge in [-0.25, -0.2) is 4.79 Å². The molecule has 1 unspecified atom stereocenters. The molecule has 3 amide bonds. The smallest absolute Gasteiger partial charge is 0.416 e. The topological polar surface area (TPSA) is 103 Å². The Morgan fingerprint density at radius 1 is 1.18 bits per heavy atom. The van der Waals surface area contributed by atoms with E-state index < -0.39 is 35.9 Å². The van der Waals surface area contributed by atoms with Crippen LogP contribution in [0.3, 0.4) is 0 Å². The molecule has 0 radical (unpaired) electrons. The van der Waals surface area contributed by atoms with Crippen molar-refractivity contribution in [2.24, 2.45) is 0 Å². The third-order valence-electron chi connectivity index (χ3n) is 5.82. The van der Waals surface area contributed by atoms with Gasteiger partial charge >= 0.3 is 12.2 Å². The Balaban J connectivity index is 1.31. The van der Waals surface area contributed by atoms with Crippen LogP contribution in [0.15, 0.2) is 42.5 Å². The van der Waals surface area contributed by atoms with Gasteiger partial charge in [-0.1, -0.05) is 24.3 Å². The lowest BCUT2D eigenvalue weighted by Crippen LogP contribution is -2.43. The summed E-state index contributed by atoms with van der Waals surface area (Å²) in [5.74, 6) is 0.112. The molecule has 0 bridgehead atoms. The Bertz CT molecular complexity index is 1060. The molecule has 2 aliphatic heterocycles. The van der Waals surface area contributed by atoms with Crippen LogP contribution in [0.25, 0.3) is 0 Å². The minimum Gasteiger partial charge on any atom is -0.487 e. The highest BCUT2D eigenvalue weighted by atomic mass is 19.4. The largest absolute Gasteiger partial charge is 0.487 e. The van der Waals surface area contributed by atoms with Gasteiger partial charge in [-0.15, -0.1) is 0 Å². The van der Waals surface area contributed by atoms with E-state index >= 15 is 0 Å². The van der Waals surface area contributed by atoms with Crippen molar-refractivity contribution in [3.05, 3.63) is 59.2 Å². The van der Waals surface area contributed by atoms with E-state index in [1.165, 1.54) is 23.1 Å². The van der Waals surface area contributed by atoms with Crippen LogP contribution in [-0.4, -0.2) is 47.9 Å². The number of aliphatic hydroxyl groups is 1. The van der Waals surface area contributed by atoms with Gasteiger partial charge in [0.05, 0.1) is 23.8 Å². The Morgan fingerprint density at radius 3 is 2.76 bits per heavy atom. The molecule has 4 N–H and O–H groups in total. The number of alkyl halides is 3. The number of urea groups is 1. The number of anilines is 1. The van der Waals surface area contributed by atoms with Crippen molar-refractivity contribution >= 4 is 17.6 Å². The number of benzene rings is 2. The zero-order chi connectivity index (χ0) is 24.3. The SMILES string of the molecule is O=C(NCC(=O)N1CCCC1c1ccccc1C(F)(F)F)NCc1ccc2c(c1)OC[C@@H](O)N2. The molecule has 2 atom stereocenters. The highest BCUT2D eigenvalue weighted by Crippen LogP contribution is 2.40. The molecule has 0 spiro atoms. The van der Waals surface area contributed by atoms with Crippen LogP contribution < -0.4 is 20.7 Å². The maximum Gasteiger partial charge on any atom is 0.416 e. The first kappa shape index (κ1) is 23.7. The van der Waals surface area contributed by atoms with Crippen molar-refractivity contribution in [2.45, 2.75) is 37.8 Å². The standard InChI is InChI=1S/C23H25F3N4O4/c24-23(25,26)16-5-2-1-4-15(16)18-6-3-9-30(18)21(32)12-28-22(33)27-11-14-7-8-17-19(10-14)34-13-20(31)29-17/h1-2,4-5,7-8,10,18,20,29,31H,3,6,9,11-13H2,(H2,27,28,33)/t18?,20-/m1/s1. The molecule has 2 aromatic rings. The molecule has 2 aliphatic rings. The monoisotopic (exact) mass is 478 g/mol. The van der Waals surface area contributed by atoms with Crippen molar-refractivity contribution in [2.75, 3.05) is 25.0 Å². The zero-order valence-corrected chi connectivity index (χ0v) is 18.2. The summed E-state index contributed by atoms with van der Waals surface area (Å²) >= 11 is 0. The molecule has 1 fully saturated rings. The van der Waals surface area contributed by atoms with Crippen molar-refractivity contribution in [3.63, 3.8) is 0 Å². The number of hydrogen-bond acceptors (Lipinski definition) is 5. The summed E-state index contributed by atoms with van der Waals surface area (Å²) < 4.78 is 45.7. The van der Waals surface area contributed by atoms with Gasteiger partial charge in [0.25, 0.3) is 0 Å². The quantitative estimate of drug-likeness (QED) is 0.529. The molecule has 11 heteroatoms. The summed E-state index contributed by atoms with van der Waals surface area (Å²) in [7, 11) is 0. The number of amides is 3. The van der Waals surface area contributed by atoms with E-state index in [1.807, 2.05) is 0 Å². The summed E-state index contributed by atoms with van der Waals surface area (Å²) in [5.41, 5.74) is 0.720. The molecular formula is C23H25F3N4O4. The van der Waals surface area contributed by atoms with Gasteiger partial charge in [0.2, 0.25) is 5.91 Å². The number of carbonyl (C=O) groups is 2. The van der Waals surface area contributed by atoms with E-state index in [-0.39, 0.29) is 25.3 Å². The fourth-order valence-electron chi connectivity index (χ4n) is 4.24.